The van der Waals surface area contributed by atoms with E-state index in [1.807, 2.05) is 19.1 Å². The Morgan fingerprint density at radius 2 is 1.63 bits per heavy atom. The number of hydrazone groups is 1. The molecule has 6 heteroatoms. The highest BCUT2D eigenvalue weighted by Crippen LogP contribution is 2.15. The quantitative estimate of drug-likeness (QED) is 0.560. The molecule has 0 radical (unpaired) electrons. The van der Waals surface area contributed by atoms with E-state index in [9.17, 15) is 9.59 Å². The minimum atomic E-state index is -0.126. The molecule has 2 aromatic rings. The van der Waals surface area contributed by atoms with Crippen molar-refractivity contribution in [2.45, 2.75) is 33.4 Å². The highest BCUT2D eigenvalue weighted by Gasteiger charge is 2.04. The molecular weight excluding hydrogens is 358 g/mol. The van der Waals surface area contributed by atoms with Crippen LogP contribution in [0.5, 0.6) is 0 Å². The number of thioether (sulfide) groups is 1. The Bertz CT molecular complexity index is 825. The number of aryl methyl sites for hydroxylation is 2. The van der Waals surface area contributed by atoms with E-state index in [2.05, 4.69) is 47.9 Å². The maximum atomic E-state index is 12.0. The van der Waals surface area contributed by atoms with Gasteiger partial charge in [0.25, 0.3) is 0 Å². The summed E-state index contributed by atoms with van der Waals surface area (Å²) in [4.78, 5) is 23.0. The van der Waals surface area contributed by atoms with E-state index in [-0.39, 0.29) is 11.8 Å². The lowest BCUT2D eigenvalue weighted by atomic mass is 10.1. The number of rotatable bonds is 7. The number of hydrogen-bond acceptors (Lipinski definition) is 4. The highest BCUT2D eigenvalue weighted by atomic mass is 32.2. The molecule has 5 nitrogen and oxygen atoms in total. The number of hydrogen-bond donors (Lipinski definition) is 2. The molecule has 2 rings (SSSR count). The molecule has 0 saturated heterocycles. The summed E-state index contributed by atoms with van der Waals surface area (Å²) in [6.07, 6.45) is 0. The Balaban J connectivity index is 1.81. The second kappa shape index (κ2) is 9.92. The minimum Gasteiger partial charge on any atom is -0.326 e. The van der Waals surface area contributed by atoms with Crippen molar-refractivity contribution < 1.29 is 9.59 Å². The second-order valence-corrected chi connectivity index (χ2v) is 7.47. The number of benzene rings is 2. The summed E-state index contributed by atoms with van der Waals surface area (Å²) < 4.78 is 0. The van der Waals surface area contributed by atoms with E-state index in [0.717, 1.165) is 17.0 Å². The molecular formula is C21H25N3O2S. The molecule has 142 valence electrons. The van der Waals surface area contributed by atoms with Crippen LogP contribution in [0.3, 0.4) is 0 Å². The maximum absolute atomic E-state index is 12.0. The van der Waals surface area contributed by atoms with Crippen LogP contribution in [0.25, 0.3) is 0 Å². The Labute approximate surface area is 164 Å². The summed E-state index contributed by atoms with van der Waals surface area (Å²) in [5.74, 6) is 0.909. The summed E-state index contributed by atoms with van der Waals surface area (Å²) in [5, 5.41) is 6.87. The number of carbonyl (C=O) groups excluding carboxylic acids is 2. The number of carbonyl (C=O) groups is 2. The Morgan fingerprint density at radius 3 is 2.22 bits per heavy atom. The average molecular weight is 384 g/mol. The Morgan fingerprint density at radius 1 is 1.00 bits per heavy atom. The van der Waals surface area contributed by atoms with Gasteiger partial charge in [-0.05, 0) is 44.0 Å². The predicted octanol–water partition coefficient (Wildman–Crippen LogP) is 4.04. The van der Waals surface area contributed by atoms with Crippen LogP contribution in [0, 0.1) is 13.8 Å². The van der Waals surface area contributed by atoms with Crippen LogP contribution >= 0.6 is 11.8 Å². The first-order valence-corrected chi connectivity index (χ1v) is 9.85. The molecule has 0 aliphatic heterocycles. The van der Waals surface area contributed by atoms with E-state index in [4.69, 9.17) is 0 Å². The van der Waals surface area contributed by atoms with E-state index < -0.39 is 0 Å². The lowest BCUT2D eigenvalue weighted by Crippen LogP contribution is -2.21. The fourth-order valence-electron chi connectivity index (χ4n) is 2.65. The van der Waals surface area contributed by atoms with Gasteiger partial charge in [0, 0.05) is 18.4 Å². The molecule has 2 N–H and O–H groups in total. The van der Waals surface area contributed by atoms with Gasteiger partial charge in [0.1, 0.15) is 0 Å². The summed E-state index contributed by atoms with van der Waals surface area (Å²) in [6.45, 7) is 7.45. The van der Waals surface area contributed by atoms with Crippen LogP contribution in [-0.4, -0.2) is 23.3 Å². The van der Waals surface area contributed by atoms with Gasteiger partial charge < -0.3 is 5.32 Å². The van der Waals surface area contributed by atoms with E-state index in [0.29, 0.717) is 11.5 Å². The monoisotopic (exact) mass is 383 g/mol. The van der Waals surface area contributed by atoms with E-state index in [1.54, 1.807) is 23.9 Å². The molecule has 0 saturated carbocycles. The van der Waals surface area contributed by atoms with Gasteiger partial charge in [-0.1, -0.05) is 41.5 Å². The van der Waals surface area contributed by atoms with Gasteiger partial charge in [0.05, 0.1) is 11.5 Å². The predicted molar refractivity (Wildman–Crippen MR) is 113 cm³/mol. The van der Waals surface area contributed by atoms with Gasteiger partial charge in [0.2, 0.25) is 11.8 Å². The third-order valence-electron chi connectivity index (χ3n) is 3.75. The zero-order valence-electron chi connectivity index (χ0n) is 16.1. The van der Waals surface area contributed by atoms with Gasteiger partial charge in [-0.25, -0.2) is 5.43 Å². The van der Waals surface area contributed by atoms with Crippen LogP contribution in [0.2, 0.25) is 0 Å². The molecule has 0 fully saturated rings. The first-order chi connectivity index (χ1) is 12.8. The fourth-order valence-corrected chi connectivity index (χ4v) is 3.41. The zero-order chi connectivity index (χ0) is 19.8. The SMILES string of the molecule is CC(=O)Nc1ccc(/C(C)=N\NC(=O)CSCc2cc(C)cc(C)c2)cc1. The number of nitrogens with zero attached hydrogens (tertiary/aromatic N) is 1. The number of nitrogens with one attached hydrogen (secondary N) is 2. The molecule has 0 aliphatic rings. The second-order valence-electron chi connectivity index (χ2n) is 6.48. The topological polar surface area (TPSA) is 70.6 Å². The summed E-state index contributed by atoms with van der Waals surface area (Å²) in [5.41, 5.74) is 8.61. The van der Waals surface area contributed by atoms with Gasteiger partial charge in [-0.2, -0.15) is 5.10 Å². The van der Waals surface area contributed by atoms with Crippen molar-refractivity contribution in [2.75, 3.05) is 11.1 Å². The minimum absolute atomic E-state index is 0.112. The number of amides is 2. The van der Waals surface area contributed by atoms with Gasteiger partial charge in [-0.3, -0.25) is 9.59 Å². The summed E-state index contributed by atoms with van der Waals surface area (Å²) >= 11 is 1.57. The Kier molecular flexibility index (Phi) is 7.61. The van der Waals surface area contributed by atoms with Gasteiger partial charge in [0.15, 0.2) is 0 Å². The normalized spacial score (nSPS) is 11.2. The number of anilines is 1. The van der Waals surface area contributed by atoms with Crippen LogP contribution in [0.4, 0.5) is 5.69 Å². The average Bonchev–Trinajstić information content (AvgIpc) is 2.59. The van der Waals surface area contributed by atoms with Crippen LogP contribution in [0.1, 0.15) is 36.1 Å². The molecule has 2 amide bonds. The van der Waals surface area contributed by atoms with Crippen molar-refractivity contribution in [3.8, 4) is 0 Å². The van der Waals surface area contributed by atoms with Gasteiger partial charge >= 0.3 is 0 Å². The third-order valence-corrected chi connectivity index (χ3v) is 4.76. The molecule has 0 aliphatic carbocycles. The highest BCUT2D eigenvalue weighted by molar-refractivity contribution is 7.99. The first-order valence-electron chi connectivity index (χ1n) is 8.69. The molecule has 0 spiro atoms. The van der Waals surface area contributed by atoms with Crippen molar-refractivity contribution >= 4 is 35.0 Å². The summed E-state index contributed by atoms with van der Waals surface area (Å²) in [6, 6.07) is 13.7. The molecule has 27 heavy (non-hydrogen) atoms. The van der Waals surface area contributed by atoms with E-state index >= 15 is 0 Å². The van der Waals surface area contributed by atoms with Crippen molar-refractivity contribution in [1.29, 1.82) is 0 Å². The first kappa shape index (κ1) is 20.7. The molecule has 0 aromatic heterocycles. The van der Waals surface area contributed by atoms with Crippen molar-refractivity contribution in [1.82, 2.24) is 5.43 Å². The lowest BCUT2D eigenvalue weighted by Gasteiger charge is -2.06. The fraction of sp³-hybridized carbons (Fsp3) is 0.286. The smallest absolute Gasteiger partial charge is 0.250 e. The van der Waals surface area contributed by atoms with Crippen LogP contribution in [0.15, 0.2) is 47.6 Å². The van der Waals surface area contributed by atoms with Crippen LogP contribution in [-0.2, 0) is 15.3 Å². The van der Waals surface area contributed by atoms with Crippen molar-refractivity contribution in [2.24, 2.45) is 5.10 Å². The molecule has 0 heterocycles. The van der Waals surface area contributed by atoms with Gasteiger partial charge in [-0.15, -0.1) is 11.8 Å². The molecule has 0 bridgehead atoms. The van der Waals surface area contributed by atoms with Crippen LogP contribution < -0.4 is 10.7 Å². The molecule has 0 unspecified atom stereocenters. The summed E-state index contributed by atoms with van der Waals surface area (Å²) in [7, 11) is 0. The van der Waals surface area contributed by atoms with Crippen molar-refractivity contribution in [3.63, 3.8) is 0 Å². The largest absolute Gasteiger partial charge is 0.326 e. The maximum Gasteiger partial charge on any atom is 0.250 e. The third kappa shape index (κ3) is 7.27. The Hall–Kier alpha value is -2.60. The molecule has 2 aromatic carbocycles. The van der Waals surface area contributed by atoms with Crippen molar-refractivity contribution in [3.05, 3.63) is 64.7 Å². The zero-order valence-corrected chi connectivity index (χ0v) is 16.9. The standard InChI is InChI=1S/C21H25N3O2S/c1-14-9-15(2)11-18(10-14)12-27-13-21(26)24-23-16(3)19-5-7-20(8-6-19)22-17(4)25/h5-11H,12-13H2,1-4H3,(H,22,25)(H,24,26)/b23-16-. The molecule has 0 atom stereocenters. The lowest BCUT2D eigenvalue weighted by molar-refractivity contribution is -0.118. The van der Waals surface area contributed by atoms with E-state index in [1.165, 1.54) is 23.6 Å².